The third kappa shape index (κ3) is 4.13. The van der Waals surface area contributed by atoms with Crippen LogP contribution in [0.5, 0.6) is 5.75 Å². The van der Waals surface area contributed by atoms with Gasteiger partial charge in [-0.1, -0.05) is 11.6 Å². The van der Waals surface area contributed by atoms with Gasteiger partial charge in [-0.2, -0.15) is 0 Å². The van der Waals surface area contributed by atoms with Crippen LogP contribution < -0.4 is 4.74 Å². The number of hydrogen-bond donors (Lipinski definition) is 0. The zero-order valence-electron chi connectivity index (χ0n) is 12.8. The first-order valence-electron chi connectivity index (χ1n) is 7.29. The highest BCUT2D eigenvalue weighted by Gasteiger charge is 2.31. The highest BCUT2D eigenvalue weighted by atomic mass is 35.5. The van der Waals surface area contributed by atoms with Crippen LogP contribution in [-0.2, 0) is 9.53 Å². The third-order valence-electron chi connectivity index (χ3n) is 4.09. The molecule has 1 amide bonds. The van der Waals surface area contributed by atoms with E-state index in [1.54, 1.807) is 36.2 Å². The van der Waals surface area contributed by atoms with Gasteiger partial charge in [0, 0.05) is 18.1 Å². The van der Waals surface area contributed by atoms with Crippen molar-refractivity contribution in [2.45, 2.75) is 31.7 Å². The lowest BCUT2D eigenvalue weighted by Crippen LogP contribution is -2.41. The van der Waals surface area contributed by atoms with E-state index < -0.39 is 6.09 Å². The van der Waals surface area contributed by atoms with Crippen LogP contribution in [0.2, 0.25) is 5.02 Å². The van der Waals surface area contributed by atoms with Gasteiger partial charge in [-0.3, -0.25) is 4.79 Å². The molecule has 0 radical (unpaired) electrons. The van der Waals surface area contributed by atoms with E-state index in [1.165, 1.54) is 7.11 Å². The molecule has 0 bridgehead atoms. The summed E-state index contributed by atoms with van der Waals surface area (Å²) in [7, 11) is 3.13. The maximum atomic E-state index is 12.1. The van der Waals surface area contributed by atoms with E-state index in [0.29, 0.717) is 10.8 Å². The van der Waals surface area contributed by atoms with E-state index in [2.05, 4.69) is 0 Å². The smallest absolute Gasteiger partial charge is 0.415 e. The molecule has 0 N–H and O–H groups in total. The highest BCUT2D eigenvalue weighted by Crippen LogP contribution is 2.28. The lowest BCUT2D eigenvalue weighted by Gasteiger charge is -2.33. The van der Waals surface area contributed by atoms with E-state index in [9.17, 15) is 9.59 Å². The van der Waals surface area contributed by atoms with Crippen LogP contribution in [0, 0.1) is 5.92 Å². The van der Waals surface area contributed by atoms with Crippen molar-refractivity contribution in [2.24, 2.45) is 5.92 Å². The molecule has 2 rings (SSSR count). The quantitative estimate of drug-likeness (QED) is 0.798. The molecule has 1 fully saturated rings. The number of ether oxygens (including phenoxy) is 2. The molecule has 0 aromatic heterocycles. The molecule has 0 aliphatic heterocycles. The number of nitrogens with zero attached hydrogens (tertiary/aromatic N) is 1. The number of rotatable bonds is 3. The molecule has 0 saturated heterocycles. The van der Waals surface area contributed by atoms with Gasteiger partial charge in [0.1, 0.15) is 5.75 Å². The zero-order valence-corrected chi connectivity index (χ0v) is 13.5. The van der Waals surface area contributed by atoms with Gasteiger partial charge in [0.2, 0.25) is 0 Å². The van der Waals surface area contributed by atoms with Crippen molar-refractivity contribution < 1.29 is 19.1 Å². The summed E-state index contributed by atoms with van der Waals surface area (Å²) >= 11 is 5.79. The van der Waals surface area contributed by atoms with Crippen molar-refractivity contribution in [3.8, 4) is 5.75 Å². The zero-order chi connectivity index (χ0) is 16.1. The van der Waals surface area contributed by atoms with E-state index in [0.717, 1.165) is 25.7 Å². The Labute approximate surface area is 135 Å². The van der Waals surface area contributed by atoms with Crippen molar-refractivity contribution in [3.63, 3.8) is 0 Å². The molecule has 1 aliphatic rings. The Morgan fingerprint density at radius 2 is 1.73 bits per heavy atom. The van der Waals surface area contributed by atoms with Crippen molar-refractivity contribution >= 4 is 23.7 Å². The number of benzene rings is 1. The fraction of sp³-hybridized carbons (Fsp3) is 0.500. The Kier molecular flexibility index (Phi) is 5.66. The molecule has 1 aliphatic carbocycles. The number of methoxy groups -OCH3 is 1. The fourth-order valence-corrected chi connectivity index (χ4v) is 2.82. The van der Waals surface area contributed by atoms with Gasteiger partial charge in [-0.15, -0.1) is 0 Å². The first-order valence-corrected chi connectivity index (χ1v) is 7.67. The molecule has 1 aromatic carbocycles. The number of amides is 1. The Morgan fingerprint density at radius 3 is 2.27 bits per heavy atom. The van der Waals surface area contributed by atoms with Gasteiger partial charge in [0.05, 0.1) is 13.0 Å². The van der Waals surface area contributed by atoms with Crippen molar-refractivity contribution in [1.82, 2.24) is 4.90 Å². The summed E-state index contributed by atoms with van der Waals surface area (Å²) in [5.74, 6) is 0.247. The SMILES string of the molecule is COC(=O)[C@H]1CC[C@H](N(C)C(=O)Oc2ccc(Cl)cc2)CC1. The molecule has 1 aromatic rings. The van der Waals surface area contributed by atoms with Crippen molar-refractivity contribution in [2.75, 3.05) is 14.2 Å². The van der Waals surface area contributed by atoms with Crippen LogP contribution in [0.3, 0.4) is 0 Å². The number of hydrogen-bond acceptors (Lipinski definition) is 4. The molecule has 22 heavy (non-hydrogen) atoms. The summed E-state index contributed by atoms with van der Waals surface area (Å²) < 4.78 is 10.1. The Hall–Kier alpha value is -1.75. The van der Waals surface area contributed by atoms with Gasteiger partial charge in [0.25, 0.3) is 0 Å². The lowest BCUT2D eigenvalue weighted by molar-refractivity contribution is -0.146. The Balaban J connectivity index is 1.86. The molecule has 0 spiro atoms. The van der Waals surface area contributed by atoms with Crippen LogP contribution in [0.4, 0.5) is 4.79 Å². The molecule has 120 valence electrons. The molecule has 0 heterocycles. The molecular weight excluding hydrogens is 306 g/mol. The van der Waals surface area contributed by atoms with E-state index in [1.807, 2.05) is 0 Å². The largest absolute Gasteiger partial charge is 0.469 e. The summed E-state index contributed by atoms with van der Waals surface area (Å²) in [5.41, 5.74) is 0. The standard InChI is InChI=1S/C16H20ClNO4/c1-18(13-7-3-11(4-8-13)15(19)21-2)16(20)22-14-9-5-12(17)6-10-14/h5-6,9-11,13H,3-4,7-8H2,1-2H3/t11-,13-. The predicted molar refractivity (Wildman–Crippen MR) is 83.0 cm³/mol. The molecular formula is C16H20ClNO4. The monoisotopic (exact) mass is 325 g/mol. The number of esters is 1. The van der Waals surface area contributed by atoms with Crippen LogP contribution in [0.15, 0.2) is 24.3 Å². The minimum absolute atomic E-state index is 0.0538. The number of halogens is 1. The average Bonchev–Trinajstić information content (AvgIpc) is 2.55. The summed E-state index contributed by atoms with van der Waals surface area (Å²) in [4.78, 5) is 25.3. The summed E-state index contributed by atoms with van der Waals surface area (Å²) in [5, 5.41) is 0.592. The Bertz CT molecular complexity index is 523. The van der Waals surface area contributed by atoms with Crippen molar-refractivity contribution in [3.05, 3.63) is 29.3 Å². The summed E-state index contributed by atoms with van der Waals surface area (Å²) in [6.07, 6.45) is 2.60. The van der Waals surface area contributed by atoms with Gasteiger partial charge < -0.3 is 14.4 Å². The fourth-order valence-electron chi connectivity index (χ4n) is 2.69. The lowest BCUT2D eigenvalue weighted by atomic mass is 9.85. The van der Waals surface area contributed by atoms with Gasteiger partial charge in [0.15, 0.2) is 0 Å². The maximum Gasteiger partial charge on any atom is 0.415 e. The average molecular weight is 326 g/mol. The van der Waals surface area contributed by atoms with Gasteiger partial charge in [-0.05, 0) is 49.9 Å². The minimum atomic E-state index is -0.399. The number of carbonyl (C=O) groups is 2. The topological polar surface area (TPSA) is 55.8 Å². The summed E-state index contributed by atoms with van der Waals surface area (Å²) in [6.45, 7) is 0. The highest BCUT2D eigenvalue weighted by molar-refractivity contribution is 6.30. The molecule has 0 atom stereocenters. The second kappa shape index (κ2) is 7.49. The molecule has 1 saturated carbocycles. The van der Waals surface area contributed by atoms with E-state index >= 15 is 0 Å². The maximum absolute atomic E-state index is 12.1. The van der Waals surface area contributed by atoms with Crippen LogP contribution in [0.1, 0.15) is 25.7 Å². The molecule has 5 nitrogen and oxygen atoms in total. The van der Waals surface area contributed by atoms with Crippen LogP contribution in [-0.4, -0.2) is 37.2 Å². The van der Waals surface area contributed by atoms with Crippen molar-refractivity contribution in [1.29, 1.82) is 0 Å². The first kappa shape index (κ1) is 16.6. The minimum Gasteiger partial charge on any atom is -0.469 e. The molecule has 0 unspecified atom stereocenters. The van der Waals surface area contributed by atoms with Crippen LogP contribution in [0.25, 0.3) is 0 Å². The van der Waals surface area contributed by atoms with E-state index in [4.69, 9.17) is 21.1 Å². The van der Waals surface area contributed by atoms with E-state index in [-0.39, 0.29) is 17.9 Å². The Morgan fingerprint density at radius 1 is 1.14 bits per heavy atom. The summed E-state index contributed by atoms with van der Waals surface area (Å²) in [6, 6.07) is 6.74. The first-order chi connectivity index (χ1) is 10.5. The van der Waals surface area contributed by atoms with Gasteiger partial charge in [-0.25, -0.2) is 4.79 Å². The second-order valence-corrected chi connectivity index (χ2v) is 5.90. The predicted octanol–water partition coefficient (Wildman–Crippen LogP) is 3.50. The third-order valence-corrected chi connectivity index (χ3v) is 4.34. The second-order valence-electron chi connectivity index (χ2n) is 5.46. The normalized spacial score (nSPS) is 21.0. The van der Waals surface area contributed by atoms with Crippen LogP contribution >= 0.6 is 11.6 Å². The molecule has 6 heteroatoms. The number of carbonyl (C=O) groups excluding carboxylic acids is 2. The van der Waals surface area contributed by atoms with Gasteiger partial charge >= 0.3 is 12.1 Å².